The Hall–Kier alpha value is -4.92. The maximum Gasteiger partial charge on any atom is 0.416 e. The lowest BCUT2D eigenvalue weighted by Crippen LogP contribution is -2.46. The number of hydrogen-bond acceptors (Lipinski definition) is 3. The number of alkyl halides is 3. The van der Waals surface area contributed by atoms with Crippen LogP contribution in [-0.4, -0.2) is 35.7 Å². The second-order valence-corrected chi connectivity index (χ2v) is 10.7. The molecule has 0 aliphatic carbocycles. The topological polar surface area (TPSA) is 78.5 Å². The van der Waals surface area contributed by atoms with Crippen LogP contribution in [0.1, 0.15) is 45.9 Å². The third-order valence-corrected chi connectivity index (χ3v) is 7.82. The SMILES string of the molecule is O=C(N[C@H](C(=O)NCc1ccccc1)c1ccccc1)C1CCN(C(=O)c2ccccc2-c2ccc(C(F)(F)F)cc2)CC1. The lowest BCUT2D eigenvalue weighted by Gasteiger charge is -2.32. The zero-order valence-electron chi connectivity index (χ0n) is 23.9. The number of halogens is 3. The highest BCUT2D eigenvalue weighted by atomic mass is 19.4. The predicted molar refractivity (Wildman–Crippen MR) is 161 cm³/mol. The molecule has 4 aromatic carbocycles. The minimum Gasteiger partial charge on any atom is -0.350 e. The summed E-state index contributed by atoms with van der Waals surface area (Å²) in [5.41, 5.74) is 2.28. The normalized spacial score (nSPS) is 14.5. The van der Waals surface area contributed by atoms with Gasteiger partial charge in [-0.25, -0.2) is 0 Å². The Morgan fingerprint density at radius 1 is 0.773 bits per heavy atom. The van der Waals surface area contributed by atoms with Crippen LogP contribution in [0.15, 0.2) is 109 Å². The number of carbonyl (C=O) groups is 3. The van der Waals surface area contributed by atoms with E-state index < -0.39 is 23.7 Å². The average molecular weight is 600 g/mol. The molecule has 1 aliphatic heterocycles. The van der Waals surface area contributed by atoms with E-state index in [-0.39, 0.29) is 17.7 Å². The third kappa shape index (κ3) is 7.34. The van der Waals surface area contributed by atoms with Crippen molar-refractivity contribution in [3.05, 3.63) is 131 Å². The molecule has 5 rings (SSSR count). The Morgan fingerprint density at radius 2 is 1.36 bits per heavy atom. The Bertz CT molecular complexity index is 1580. The molecule has 3 amide bonds. The molecule has 1 saturated heterocycles. The van der Waals surface area contributed by atoms with Crippen molar-refractivity contribution < 1.29 is 27.6 Å². The van der Waals surface area contributed by atoms with Crippen LogP contribution >= 0.6 is 0 Å². The molecule has 1 fully saturated rings. The number of piperidine rings is 1. The van der Waals surface area contributed by atoms with Crippen molar-refractivity contribution in [1.29, 1.82) is 0 Å². The maximum atomic E-state index is 13.5. The molecule has 0 unspecified atom stereocenters. The Kier molecular flexibility index (Phi) is 9.43. The molecule has 2 N–H and O–H groups in total. The third-order valence-electron chi connectivity index (χ3n) is 7.82. The number of nitrogens with zero attached hydrogens (tertiary/aromatic N) is 1. The van der Waals surface area contributed by atoms with Gasteiger partial charge in [-0.05, 0) is 53.3 Å². The van der Waals surface area contributed by atoms with Crippen LogP contribution in [0.25, 0.3) is 11.1 Å². The van der Waals surface area contributed by atoms with Crippen molar-refractivity contribution in [3.63, 3.8) is 0 Å². The van der Waals surface area contributed by atoms with Crippen LogP contribution in [-0.2, 0) is 22.3 Å². The van der Waals surface area contributed by atoms with Crippen molar-refractivity contribution >= 4 is 17.7 Å². The second-order valence-electron chi connectivity index (χ2n) is 10.7. The minimum absolute atomic E-state index is 0.248. The van der Waals surface area contributed by atoms with Gasteiger partial charge in [0.15, 0.2) is 0 Å². The van der Waals surface area contributed by atoms with E-state index in [4.69, 9.17) is 0 Å². The van der Waals surface area contributed by atoms with Crippen molar-refractivity contribution in [2.75, 3.05) is 13.1 Å². The molecule has 0 radical (unpaired) electrons. The molecule has 0 saturated carbocycles. The van der Waals surface area contributed by atoms with Gasteiger partial charge in [-0.1, -0.05) is 91.0 Å². The first-order valence-corrected chi connectivity index (χ1v) is 14.4. The molecule has 0 bridgehead atoms. The molecule has 4 aromatic rings. The Morgan fingerprint density at radius 3 is 2.00 bits per heavy atom. The zero-order valence-corrected chi connectivity index (χ0v) is 23.9. The van der Waals surface area contributed by atoms with Gasteiger partial charge < -0.3 is 15.5 Å². The molecule has 0 aromatic heterocycles. The van der Waals surface area contributed by atoms with E-state index in [1.807, 2.05) is 48.5 Å². The lowest BCUT2D eigenvalue weighted by molar-refractivity contribution is -0.137. The highest BCUT2D eigenvalue weighted by molar-refractivity contribution is 6.01. The molecule has 6 nitrogen and oxygen atoms in total. The molecule has 1 heterocycles. The van der Waals surface area contributed by atoms with E-state index >= 15 is 0 Å². The number of amides is 3. The first kappa shape index (κ1) is 30.5. The van der Waals surface area contributed by atoms with Crippen LogP contribution < -0.4 is 10.6 Å². The summed E-state index contributed by atoms with van der Waals surface area (Å²) >= 11 is 0. The maximum absolute atomic E-state index is 13.5. The summed E-state index contributed by atoms with van der Waals surface area (Å²) < 4.78 is 39.1. The zero-order chi connectivity index (χ0) is 31.1. The summed E-state index contributed by atoms with van der Waals surface area (Å²) in [5.74, 6) is -1.22. The Labute approximate surface area is 253 Å². The molecule has 44 heavy (non-hydrogen) atoms. The monoisotopic (exact) mass is 599 g/mol. The van der Waals surface area contributed by atoms with E-state index in [1.54, 1.807) is 41.3 Å². The minimum atomic E-state index is -4.45. The van der Waals surface area contributed by atoms with Crippen molar-refractivity contribution in [2.45, 2.75) is 31.6 Å². The number of rotatable bonds is 8. The largest absolute Gasteiger partial charge is 0.416 e. The molecular weight excluding hydrogens is 567 g/mol. The van der Waals surface area contributed by atoms with Crippen LogP contribution in [0.5, 0.6) is 0 Å². The first-order valence-electron chi connectivity index (χ1n) is 14.4. The van der Waals surface area contributed by atoms with Crippen molar-refractivity contribution in [1.82, 2.24) is 15.5 Å². The van der Waals surface area contributed by atoms with Gasteiger partial charge >= 0.3 is 6.18 Å². The van der Waals surface area contributed by atoms with Gasteiger partial charge in [-0.15, -0.1) is 0 Å². The van der Waals surface area contributed by atoms with Gasteiger partial charge in [0.2, 0.25) is 11.8 Å². The summed E-state index contributed by atoms with van der Waals surface area (Å²) in [4.78, 5) is 41.8. The summed E-state index contributed by atoms with van der Waals surface area (Å²) in [6.07, 6.45) is -3.63. The fraction of sp³-hybridized carbons (Fsp3) is 0.229. The molecule has 9 heteroatoms. The van der Waals surface area contributed by atoms with Crippen molar-refractivity contribution in [2.24, 2.45) is 5.92 Å². The molecule has 0 spiro atoms. The van der Waals surface area contributed by atoms with Crippen LogP contribution in [0.4, 0.5) is 13.2 Å². The first-order chi connectivity index (χ1) is 21.2. The number of benzene rings is 4. The van der Waals surface area contributed by atoms with E-state index in [2.05, 4.69) is 10.6 Å². The van der Waals surface area contributed by atoms with Crippen molar-refractivity contribution in [3.8, 4) is 11.1 Å². The summed E-state index contributed by atoms with van der Waals surface area (Å²) in [7, 11) is 0. The van der Waals surface area contributed by atoms with E-state index in [9.17, 15) is 27.6 Å². The second kappa shape index (κ2) is 13.6. The van der Waals surface area contributed by atoms with E-state index in [0.29, 0.717) is 54.7 Å². The highest BCUT2D eigenvalue weighted by Crippen LogP contribution is 2.32. The predicted octanol–water partition coefficient (Wildman–Crippen LogP) is 6.40. The summed E-state index contributed by atoms with van der Waals surface area (Å²) in [6, 6.07) is 29.2. The van der Waals surface area contributed by atoms with E-state index in [1.165, 1.54) is 12.1 Å². The molecule has 1 atom stereocenters. The van der Waals surface area contributed by atoms with Gasteiger partial charge in [0.25, 0.3) is 5.91 Å². The lowest BCUT2D eigenvalue weighted by atomic mass is 9.93. The van der Waals surface area contributed by atoms with Gasteiger partial charge in [0.05, 0.1) is 5.56 Å². The standard InChI is InChI=1S/C35H32F3N3O3/c36-35(37,38)28-17-15-25(16-18-28)29-13-7-8-14-30(29)34(44)41-21-19-27(20-22-41)32(42)40-31(26-11-5-2-6-12-26)33(43)39-23-24-9-3-1-4-10-24/h1-18,27,31H,19-23H2,(H,39,43)(H,40,42)/t31-/m0/s1. The number of nitrogens with one attached hydrogen (secondary N) is 2. The Balaban J connectivity index is 1.23. The van der Waals surface area contributed by atoms with E-state index in [0.717, 1.165) is 17.7 Å². The molecule has 226 valence electrons. The fourth-order valence-corrected chi connectivity index (χ4v) is 5.37. The van der Waals surface area contributed by atoms with Gasteiger partial charge in [0.1, 0.15) is 6.04 Å². The van der Waals surface area contributed by atoms with Gasteiger partial charge in [0, 0.05) is 31.1 Å². The average Bonchev–Trinajstić information content (AvgIpc) is 3.06. The summed E-state index contributed by atoms with van der Waals surface area (Å²) in [6.45, 7) is 0.982. The molecular formula is C35H32F3N3O3. The summed E-state index contributed by atoms with van der Waals surface area (Å²) in [5, 5.41) is 5.84. The fourth-order valence-electron chi connectivity index (χ4n) is 5.37. The number of hydrogen-bond donors (Lipinski definition) is 2. The van der Waals surface area contributed by atoms with Gasteiger partial charge in [-0.2, -0.15) is 13.2 Å². The van der Waals surface area contributed by atoms with Crippen LogP contribution in [0.3, 0.4) is 0 Å². The van der Waals surface area contributed by atoms with Gasteiger partial charge in [-0.3, -0.25) is 14.4 Å². The van der Waals surface area contributed by atoms with Crippen LogP contribution in [0, 0.1) is 5.92 Å². The van der Waals surface area contributed by atoms with Crippen LogP contribution in [0.2, 0.25) is 0 Å². The number of likely N-dealkylation sites (tertiary alicyclic amines) is 1. The molecule has 1 aliphatic rings. The smallest absolute Gasteiger partial charge is 0.350 e. The quantitative estimate of drug-likeness (QED) is 0.246. The highest BCUT2D eigenvalue weighted by Gasteiger charge is 2.32. The number of carbonyl (C=O) groups excluding carboxylic acids is 3.